The number of benzene rings is 1. The highest BCUT2D eigenvalue weighted by Crippen LogP contribution is 2.10. The number of carboxylic acid groups (broad SMARTS) is 1. The van der Waals surface area contributed by atoms with E-state index in [1.807, 2.05) is 18.2 Å². The fourth-order valence-electron chi connectivity index (χ4n) is 1.51. The molecule has 0 aromatic heterocycles. The molecule has 1 aromatic rings. The van der Waals surface area contributed by atoms with E-state index in [9.17, 15) is 9.59 Å². The Morgan fingerprint density at radius 3 is 2.58 bits per heavy atom. The molecule has 1 aromatic carbocycles. The number of amides is 1. The quantitative estimate of drug-likeness (QED) is 0.703. The Hall–Kier alpha value is -2.04. The first-order valence-corrected chi connectivity index (χ1v) is 6.31. The predicted molar refractivity (Wildman–Crippen MR) is 71.0 cm³/mol. The molecule has 1 atom stereocenters. The molecule has 1 amide bonds. The van der Waals surface area contributed by atoms with Gasteiger partial charge in [-0.2, -0.15) is 0 Å². The largest absolute Gasteiger partial charge is 0.481 e. The summed E-state index contributed by atoms with van der Waals surface area (Å²) in [5.41, 5.74) is 0. The first-order chi connectivity index (χ1) is 9.09. The lowest BCUT2D eigenvalue weighted by Crippen LogP contribution is -2.36. The Kier molecular flexibility index (Phi) is 6.43. The summed E-state index contributed by atoms with van der Waals surface area (Å²) >= 11 is 0. The van der Waals surface area contributed by atoms with Crippen LogP contribution in [-0.4, -0.2) is 29.6 Å². The van der Waals surface area contributed by atoms with Crippen molar-refractivity contribution in [1.29, 1.82) is 0 Å². The van der Waals surface area contributed by atoms with E-state index in [-0.39, 0.29) is 12.3 Å². The van der Waals surface area contributed by atoms with Crippen molar-refractivity contribution in [1.82, 2.24) is 5.32 Å². The molecule has 104 valence electrons. The van der Waals surface area contributed by atoms with Gasteiger partial charge in [-0.3, -0.25) is 9.59 Å². The number of carbonyl (C=O) groups excluding carboxylic acids is 1. The van der Waals surface area contributed by atoms with Crippen LogP contribution in [0.2, 0.25) is 0 Å². The predicted octanol–water partition coefficient (Wildman–Crippen LogP) is 1.82. The monoisotopic (exact) mass is 265 g/mol. The third-order valence-electron chi connectivity index (χ3n) is 2.54. The molecule has 0 spiro atoms. The van der Waals surface area contributed by atoms with Gasteiger partial charge in [0.1, 0.15) is 5.75 Å². The SMILES string of the molecule is CC(Oc1ccccc1)C(=O)NCCCCC(=O)O. The Morgan fingerprint density at radius 1 is 1.26 bits per heavy atom. The Balaban J connectivity index is 2.20. The van der Waals surface area contributed by atoms with Crippen LogP contribution in [0.5, 0.6) is 5.75 Å². The summed E-state index contributed by atoms with van der Waals surface area (Å²) in [6, 6.07) is 9.13. The minimum Gasteiger partial charge on any atom is -0.481 e. The summed E-state index contributed by atoms with van der Waals surface area (Å²) in [6.07, 6.45) is 0.771. The average Bonchev–Trinajstić information content (AvgIpc) is 2.38. The van der Waals surface area contributed by atoms with Crippen LogP contribution in [0.15, 0.2) is 30.3 Å². The molecule has 5 heteroatoms. The normalized spacial score (nSPS) is 11.6. The summed E-state index contributed by atoms with van der Waals surface area (Å²) in [4.78, 5) is 22.0. The lowest BCUT2D eigenvalue weighted by molar-refractivity contribution is -0.137. The van der Waals surface area contributed by atoms with Gasteiger partial charge >= 0.3 is 5.97 Å². The highest BCUT2D eigenvalue weighted by molar-refractivity contribution is 5.80. The number of para-hydroxylation sites is 1. The van der Waals surface area contributed by atoms with Gasteiger partial charge in [0.05, 0.1) is 0 Å². The number of unbranched alkanes of at least 4 members (excludes halogenated alkanes) is 1. The molecule has 0 heterocycles. The van der Waals surface area contributed by atoms with E-state index < -0.39 is 12.1 Å². The summed E-state index contributed by atoms with van der Waals surface area (Å²) in [5, 5.41) is 11.2. The standard InChI is InChI=1S/C14H19NO4/c1-11(19-12-7-3-2-4-8-12)14(18)15-10-6-5-9-13(16)17/h2-4,7-8,11H,5-6,9-10H2,1H3,(H,15,18)(H,16,17). The Morgan fingerprint density at radius 2 is 1.95 bits per heavy atom. The Labute approximate surface area is 112 Å². The van der Waals surface area contributed by atoms with Gasteiger partial charge in [-0.15, -0.1) is 0 Å². The molecule has 0 aliphatic carbocycles. The van der Waals surface area contributed by atoms with E-state index in [2.05, 4.69) is 5.32 Å². The maximum absolute atomic E-state index is 11.7. The van der Waals surface area contributed by atoms with Crippen molar-refractivity contribution in [2.45, 2.75) is 32.3 Å². The fraction of sp³-hybridized carbons (Fsp3) is 0.429. The van der Waals surface area contributed by atoms with Crippen LogP contribution < -0.4 is 10.1 Å². The van der Waals surface area contributed by atoms with E-state index in [0.717, 1.165) is 0 Å². The van der Waals surface area contributed by atoms with Crippen molar-refractivity contribution >= 4 is 11.9 Å². The van der Waals surface area contributed by atoms with Crippen LogP contribution in [0.4, 0.5) is 0 Å². The zero-order valence-corrected chi connectivity index (χ0v) is 11.0. The van der Waals surface area contributed by atoms with E-state index in [0.29, 0.717) is 25.1 Å². The highest BCUT2D eigenvalue weighted by Gasteiger charge is 2.13. The van der Waals surface area contributed by atoms with Crippen LogP contribution in [0.3, 0.4) is 0 Å². The van der Waals surface area contributed by atoms with E-state index in [1.165, 1.54) is 0 Å². The second-order valence-electron chi connectivity index (χ2n) is 4.22. The van der Waals surface area contributed by atoms with Gasteiger partial charge < -0.3 is 15.2 Å². The Bertz CT molecular complexity index is 405. The lowest BCUT2D eigenvalue weighted by atomic mass is 10.2. The number of carbonyl (C=O) groups is 2. The molecule has 5 nitrogen and oxygen atoms in total. The summed E-state index contributed by atoms with van der Waals surface area (Å²) in [5.74, 6) is -0.359. The second-order valence-corrected chi connectivity index (χ2v) is 4.22. The zero-order valence-electron chi connectivity index (χ0n) is 11.0. The zero-order chi connectivity index (χ0) is 14.1. The van der Waals surface area contributed by atoms with Crippen molar-refractivity contribution in [3.63, 3.8) is 0 Å². The number of hydrogen-bond donors (Lipinski definition) is 2. The van der Waals surface area contributed by atoms with Gasteiger partial charge in [-0.25, -0.2) is 0 Å². The molecule has 0 saturated heterocycles. The van der Waals surface area contributed by atoms with Crippen molar-refractivity contribution in [3.8, 4) is 5.75 Å². The summed E-state index contributed by atoms with van der Waals surface area (Å²) in [7, 11) is 0. The van der Waals surface area contributed by atoms with E-state index in [1.54, 1.807) is 19.1 Å². The molecule has 0 aliphatic rings. The maximum atomic E-state index is 11.7. The number of rotatable bonds is 8. The molecule has 1 rings (SSSR count). The van der Waals surface area contributed by atoms with Gasteiger partial charge in [0.2, 0.25) is 0 Å². The van der Waals surface area contributed by atoms with Gasteiger partial charge in [0, 0.05) is 13.0 Å². The van der Waals surface area contributed by atoms with Crippen molar-refractivity contribution < 1.29 is 19.4 Å². The smallest absolute Gasteiger partial charge is 0.303 e. The number of nitrogens with one attached hydrogen (secondary N) is 1. The van der Waals surface area contributed by atoms with Gasteiger partial charge in [0.25, 0.3) is 5.91 Å². The minimum absolute atomic E-state index is 0.131. The molecular formula is C14H19NO4. The highest BCUT2D eigenvalue weighted by atomic mass is 16.5. The van der Waals surface area contributed by atoms with Crippen LogP contribution in [-0.2, 0) is 9.59 Å². The fourth-order valence-corrected chi connectivity index (χ4v) is 1.51. The molecule has 2 N–H and O–H groups in total. The molecule has 19 heavy (non-hydrogen) atoms. The van der Waals surface area contributed by atoms with Crippen molar-refractivity contribution in [3.05, 3.63) is 30.3 Å². The molecule has 0 bridgehead atoms. The summed E-state index contributed by atoms with van der Waals surface area (Å²) < 4.78 is 5.47. The number of carboxylic acids is 1. The van der Waals surface area contributed by atoms with Crippen molar-refractivity contribution in [2.75, 3.05) is 6.54 Å². The van der Waals surface area contributed by atoms with E-state index in [4.69, 9.17) is 9.84 Å². The average molecular weight is 265 g/mol. The van der Waals surface area contributed by atoms with Crippen LogP contribution in [0, 0.1) is 0 Å². The minimum atomic E-state index is -0.813. The first-order valence-electron chi connectivity index (χ1n) is 6.31. The number of ether oxygens (including phenoxy) is 1. The molecule has 0 radical (unpaired) electrons. The third kappa shape index (κ3) is 6.45. The first kappa shape index (κ1) is 15.0. The third-order valence-corrected chi connectivity index (χ3v) is 2.54. The molecular weight excluding hydrogens is 246 g/mol. The van der Waals surface area contributed by atoms with E-state index >= 15 is 0 Å². The second kappa shape index (κ2) is 8.13. The lowest BCUT2D eigenvalue weighted by Gasteiger charge is -2.14. The van der Waals surface area contributed by atoms with Crippen LogP contribution in [0.25, 0.3) is 0 Å². The van der Waals surface area contributed by atoms with Gasteiger partial charge in [-0.1, -0.05) is 18.2 Å². The number of aliphatic carboxylic acids is 1. The van der Waals surface area contributed by atoms with Crippen molar-refractivity contribution in [2.24, 2.45) is 0 Å². The molecule has 1 unspecified atom stereocenters. The topological polar surface area (TPSA) is 75.6 Å². The molecule has 0 saturated carbocycles. The van der Waals surface area contributed by atoms with Crippen LogP contribution in [0.1, 0.15) is 26.2 Å². The summed E-state index contributed by atoms with van der Waals surface area (Å²) in [6.45, 7) is 2.15. The van der Waals surface area contributed by atoms with Crippen LogP contribution >= 0.6 is 0 Å². The maximum Gasteiger partial charge on any atom is 0.303 e. The number of hydrogen-bond acceptors (Lipinski definition) is 3. The molecule has 0 aliphatic heterocycles. The van der Waals surface area contributed by atoms with Gasteiger partial charge in [0.15, 0.2) is 6.10 Å². The van der Waals surface area contributed by atoms with Gasteiger partial charge in [-0.05, 0) is 31.9 Å². The molecule has 0 fully saturated rings.